The Morgan fingerprint density at radius 1 is 1.43 bits per heavy atom. The van der Waals surface area contributed by atoms with Crippen LogP contribution in [0.25, 0.3) is 0 Å². The van der Waals surface area contributed by atoms with Crippen LogP contribution in [0.15, 0.2) is 30.9 Å². The molecule has 0 spiro atoms. The van der Waals surface area contributed by atoms with Crippen LogP contribution in [0.2, 0.25) is 0 Å². The lowest BCUT2D eigenvalue weighted by Crippen LogP contribution is -2.46. The molecule has 2 aliphatic heterocycles. The Hall–Kier alpha value is -2.72. The van der Waals surface area contributed by atoms with Gasteiger partial charge in [-0.3, -0.25) is 10.3 Å². The molecule has 1 saturated heterocycles. The summed E-state index contributed by atoms with van der Waals surface area (Å²) in [6.45, 7) is 10.1. The Bertz CT molecular complexity index is 737. The van der Waals surface area contributed by atoms with E-state index in [-0.39, 0.29) is 12.1 Å². The average Bonchev–Trinajstić information content (AvgIpc) is 2.71. The minimum absolute atomic E-state index is 0.0404. The van der Waals surface area contributed by atoms with Crippen LogP contribution in [0.5, 0.6) is 11.5 Å². The molecule has 1 atom stereocenters. The summed E-state index contributed by atoms with van der Waals surface area (Å²) in [5.41, 5.74) is 1.17. The third kappa shape index (κ3) is 5.17. The number of fused-ring (bicyclic) bond motifs is 1. The van der Waals surface area contributed by atoms with Gasteiger partial charge in [-0.2, -0.15) is 5.26 Å². The molecule has 2 N–H and O–H groups in total. The van der Waals surface area contributed by atoms with Crippen LogP contribution in [0.3, 0.4) is 0 Å². The number of aryl methyl sites for hydroxylation is 1. The summed E-state index contributed by atoms with van der Waals surface area (Å²) in [7, 11) is 0. The molecule has 7 nitrogen and oxygen atoms in total. The van der Waals surface area contributed by atoms with Crippen molar-refractivity contribution in [1.29, 1.82) is 10.7 Å². The molecule has 1 aromatic carbocycles. The van der Waals surface area contributed by atoms with E-state index in [9.17, 15) is 5.26 Å². The Labute approximate surface area is 167 Å². The quantitative estimate of drug-likeness (QED) is 0.258. The van der Waals surface area contributed by atoms with Crippen molar-refractivity contribution in [3.8, 4) is 17.7 Å². The van der Waals surface area contributed by atoms with Crippen molar-refractivity contribution >= 4 is 5.96 Å². The molecule has 0 amide bonds. The number of hydrogen-bond donors (Lipinski definition) is 2. The van der Waals surface area contributed by atoms with Crippen molar-refractivity contribution in [2.75, 3.05) is 39.3 Å². The predicted octanol–water partition coefficient (Wildman–Crippen LogP) is 2.34. The first-order chi connectivity index (χ1) is 13.6. The second-order valence-electron chi connectivity index (χ2n) is 7.47. The highest BCUT2D eigenvalue weighted by Gasteiger charge is 2.27. The van der Waals surface area contributed by atoms with Gasteiger partial charge in [0.25, 0.3) is 0 Å². The van der Waals surface area contributed by atoms with Crippen molar-refractivity contribution in [3.05, 3.63) is 36.4 Å². The SMILES string of the molecule is C=CCNC(=N)N(C#N)CC1CCN(CC2COc3cc(C)ccc3O2)CC1. The largest absolute Gasteiger partial charge is 0.486 e. The maximum atomic E-state index is 9.32. The summed E-state index contributed by atoms with van der Waals surface area (Å²) in [6, 6.07) is 6.03. The molecule has 1 unspecified atom stereocenters. The molecule has 0 bridgehead atoms. The van der Waals surface area contributed by atoms with Gasteiger partial charge in [-0.25, -0.2) is 4.90 Å². The summed E-state index contributed by atoms with van der Waals surface area (Å²) in [6.07, 6.45) is 5.85. The lowest BCUT2D eigenvalue weighted by Gasteiger charge is -2.36. The number of likely N-dealkylation sites (tertiary alicyclic amines) is 1. The number of nitrogens with zero attached hydrogens (tertiary/aromatic N) is 3. The summed E-state index contributed by atoms with van der Waals surface area (Å²) in [4.78, 5) is 3.84. The molecular formula is C21H29N5O2. The summed E-state index contributed by atoms with van der Waals surface area (Å²) < 4.78 is 12.0. The molecule has 0 radical (unpaired) electrons. The van der Waals surface area contributed by atoms with Crippen molar-refractivity contribution in [1.82, 2.24) is 15.1 Å². The third-order valence-corrected chi connectivity index (χ3v) is 5.23. The van der Waals surface area contributed by atoms with Crippen LogP contribution in [0, 0.1) is 29.7 Å². The molecule has 1 aromatic rings. The number of nitriles is 1. The van der Waals surface area contributed by atoms with Crippen molar-refractivity contribution in [2.24, 2.45) is 5.92 Å². The molecule has 2 aliphatic rings. The van der Waals surface area contributed by atoms with Gasteiger partial charge in [-0.05, 0) is 56.5 Å². The average molecular weight is 383 g/mol. The molecule has 150 valence electrons. The highest BCUT2D eigenvalue weighted by Crippen LogP contribution is 2.32. The van der Waals surface area contributed by atoms with Gasteiger partial charge in [0.15, 0.2) is 17.7 Å². The number of hydrogen-bond acceptors (Lipinski definition) is 5. The molecule has 2 heterocycles. The van der Waals surface area contributed by atoms with E-state index in [1.54, 1.807) is 6.08 Å². The molecule has 0 aliphatic carbocycles. The first kappa shape index (κ1) is 20.0. The lowest BCUT2D eigenvalue weighted by molar-refractivity contribution is 0.0469. The second-order valence-corrected chi connectivity index (χ2v) is 7.47. The Balaban J connectivity index is 1.43. The Morgan fingerprint density at radius 3 is 2.93 bits per heavy atom. The molecule has 1 fully saturated rings. The lowest BCUT2D eigenvalue weighted by atomic mass is 9.96. The summed E-state index contributed by atoms with van der Waals surface area (Å²) in [5.74, 6) is 2.21. The molecule has 0 saturated carbocycles. The summed E-state index contributed by atoms with van der Waals surface area (Å²) in [5, 5.41) is 20.1. The van der Waals surface area contributed by atoms with E-state index in [0.717, 1.165) is 44.0 Å². The zero-order valence-electron chi connectivity index (χ0n) is 16.5. The Morgan fingerprint density at radius 2 is 2.21 bits per heavy atom. The van der Waals surface area contributed by atoms with E-state index in [1.807, 2.05) is 25.1 Å². The summed E-state index contributed by atoms with van der Waals surface area (Å²) >= 11 is 0. The maximum absolute atomic E-state index is 9.32. The highest BCUT2D eigenvalue weighted by atomic mass is 16.6. The Kier molecular flexibility index (Phi) is 6.77. The van der Waals surface area contributed by atoms with E-state index >= 15 is 0 Å². The van der Waals surface area contributed by atoms with E-state index in [1.165, 1.54) is 10.5 Å². The van der Waals surface area contributed by atoms with Gasteiger partial charge < -0.3 is 14.8 Å². The number of benzene rings is 1. The minimum Gasteiger partial charge on any atom is -0.486 e. The molecule has 0 aromatic heterocycles. The fourth-order valence-corrected chi connectivity index (χ4v) is 3.66. The number of ether oxygens (including phenoxy) is 2. The molecule has 3 rings (SSSR count). The zero-order chi connectivity index (χ0) is 19.9. The van der Waals surface area contributed by atoms with Crippen LogP contribution < -0.4 is 14.8 Å². The molecule has 7 heteroatoms. The smallest absolute Gasteiger partial charge is 0.204 e. The fraction of sp³-hybridized carbons (Fsp3) is 0.524. The predicted molar refractivity (Wildman–Crippen MR) is 108 cm³/mol. The van der Waals surface area contributed by atoms with Gasteiger partial charge in [0.2, 0.25) is 5.96 Å². The van der Waals surface area contributed by atoms with Crippen LogP contribution in [-0.4, -0.2) is 61.2 Å². The van der Waals surface area contributed by atoms with Gasteiger partial charge in [0.1, 0.15) is 12.7 Å². The van der Waals surface area contributed by atoms with Gasteiger partial charge in [0.05, 0.1) is 0 Å². The van der Waals surface area contributed by atoms with Gasteiger partial charge in [0, 0.05) is 19.6 Å². The van der Waals surface area contributed by atoms with Crippen molar-refractivity contribution < 1.29 is 9.47 Å². The number of rotatable bonds is 6. The fourth-order valence-electron chi connectivity index (χ4n) is 3.66. The first-order valence-corrected chi connectivity index (χ1v) is 9.82. The van der Waals surface area contributed by atoms with Crippen LogP contribution >= 0.6 is 0 Å². The van der Waals surface area contributed by atoms with E-state index < -0.39 is 0 Å². The second kappa shape index (κ2) is 9.47. The number of piperidine rings is 1. The van der Waals surface area contributed by atoms with Gasteiger partial charge in [-0.15, -0.1) is 6.58 Å². The van der Waals surface area contributed by atoms with E-state index in [2.05, 4.69) is 23.0 Å². The standard InChI is InChI=1S/C21H29N5O2/c1-3-8-24-21(23)26(15-22)12-17-6-9-25(10-7-17)13-18-14-27-20-11-16(2)4-5-19(20)28-18/h3-5,11,17-18H,1,6-10,12-14H2,2H3,(H2,23,24). The molecule has 28 heavy (non-hydrogen) atoms. The number of nitrogens with one attached hydrogen (secondary N) is 2. The third-order valence-electron chi connectivity index (χ3n) is 5.23. The zero-order valence-corrected chi connectivity index (χ0v) is 16.5. The van der Waals surface area contributed by atoms with Crippen molar-refractivity contribution in [2.45, 2.75) is 25.9 Å². The van der Waals surface area contributed by atoms with E-state index in [0.29, 0.717) is 25.6 Å². The first-order valence-electron chi connectivity index (χ1n) is 9.82. The minimum atomic E-state index is 0.0404. The highest BCUT2D eigenvalue weighted by molar-refractivity contribution is 5.78. The van der Waals surface area contributed by atoms with Crippen LogP contribution in [-0.2, 0) is 0 Å². The topological polar surface area (TPSA) is 84.6 Å². The van der Waals surface area contributed by atoms with Crippen LogP contribution in [0.4, 0.5) is 0 Å². The maximum Gasteiger partial charge on any atom is 0.204 e. The van der Waals surface area contributed by atoms with Crippen LogP contribution in [0.1, 0.15) is 18.4 Å². The van der Waals surface area contributed by atoms with Gasteiger partial charge >= 0.3 is 0 Å². The van der Waals surface area contributed by atoms with Crippen molar-refractivity contribution in [3.63, 3.8) is 0 Å². The van der Waals surface area contributed by atoms with E-state index in [4.69, 9.17) is 14.9 Å². The monoisotopic (exact) mass is 383 g/mol. The van der Waals surface area contributed by atoms with Gasteiger partial charge in [-0.1, -0.05) is 12.1 Å². The number of guanidine groups is 1. The normalized spacial score (nSPS) is 19.5. The molecular weight excluding hydrogens is 354 g/mol.